The van der Waals surface area contributed by atoms with Gasteiger partial charge >= 0.3 is 0 Å². The third-order valence-electron chi connectivity index (χ3n) is 4.01. The fraction of sp³-hybridized carbons (Fsp3) is 0.0909. The van der Waals surface area contributed by atoms with Crippen LogP contribution in [0.1, 0.15) is 18.1 Å². The molecule has 3 aromatic rings. The van der Waals surface area contributed by atoms with Gasteiger partial charge in [-0.3, -0.25) is 19.9 Å². The van der Waals surface area contributed by atoms with Crippen molar-refractivity contribution in [2.24, 2.45) is 4.99 Å². The van der Waals surface area contributed by atoms with Crippen molar-refractivity contribution in [1.82, 2.24) is 0 Å². The fourth-order valence-corrected chi connectivity index (χ4v) is 3.56. The summed E-state index contributed by atoms with van der Waals surface area (Å²) < 4.78 is 0. The minimum atomic E-state index is -0.428. The first-order chi connectivity index (χ1) is 13.9. The van der Waals surface area contributed by atoms with E-state index in [1.807, 2.05) is 55.5 Å². The number of para-hydroxylation sites is 1. The van der Waals surface area contributed by atoms with Crippen LogP contribution in [-0.2, 0) is 4.79 Å². The Morgan fingerprint density at radius 3 is 2.48 bits per heavy atom. The summed E-state index contributed by atoms with van der Waals surface area (Å²) in [5.74, 6) is -0.164. The van der Waals surface area contributed by atoms with E-state index in [0.717, 1.165) is 21.0 Å². The van der Waals surface area contributed by atoms with Crippen molar-refractivity contribution < 1.29 is 9.72 Å². The van der Waals surface area contributed by atoms with E-state index in [1.165, 1.54) is 30.8 Å². The minimum Gasteiger partial charge on any atom is -0.325 e. The number of carbonyl (C=O) groups excluding carboxylic acids is 1. The molecule has 0 fully saturated rings. The number of nitrogens with one attached hydrogen (secondary N) is 1. The molecule has 7 heteroatoms. The first kappa shape index (κ1) is 20.3. The highest BCUT2D eigenvalue weighted by Gasteiger charge is 2.13. The second kappa shape index (κ2) is 9.16. The molecule has 3 aromatic carbocycles. The molecule has 0 unspecified atom stereocenters. The molecule has 3 rings (SSSR count). The number of non-ortho nitro benzene ring substituents is 1. The molecule has 6 nitrogen and oxygen atoms in total. The number of nitro benzene ring substituents is 1. The number of aryl methyl sites for hydroxylation is 1. The number of hydrogen-bond donors (Lipinski definition) is 1. The van der Waals surface area contributed by atoms with Crippen molar-refractivity contribution in [1.29, 1.82) is 0 Å². The highest BCUT2D eigenvalue weighted by molar-refractivity contribution is 7.99. The van der Waals surface area contributed by atoms with Crippen molar-refractivity contribution in [2.45, 2.75) is 23.6 Å². The first-order valence-corrected chi connectivity index (χ1v) is 9.67. The van der Waals surface area contributed by atoms with Gasteiger partial charge in [0.25, 0.3) is 5.69 Å². The van der Waals surface area contributed by atoms with Gasteiger partial charge < -0.3 is 5.32 Å². The molecular formula is C22H19N3O3S. The lowest BCUT2D eigenvalue weighted by molar-refractivity contribution is -0.384. The molecular weight excluding hydrogens is 386 g/mol. The molecule has 1 amide bonds. The van der Waals surface area contributed by atoms with E-state index >= 15 is 0 Å². The zero-order chi connectivity index (χ0) is 20.8. The Morgan fingerprint density at radius 2 is 1.79 bits per heavy atom. The van der Waals surface area contributed by atoms with E-state index in [0.29, 0.717) is 11.3 Å². The Balaban J connectivity index is 1.97. The highest BCUT2D eigenvalue weighted by Crippen LogP contribution is 2.36. The van der Waals surface area contributed by atoms with Crippen molar-refractivity contribution in [2.75, 3.05) is 5.32 Å². The monoisotopic (exact) mass is 405 g/mol. The summed E-state index contributed by atoms with van der Waals surface area (Å²) in [5, 5.41) is 14.0. The second-order valence-electron chi connectivity index (χ2n) is 6.35. The Morgan fingerprint density at radius 1 is 1.07 bits per heavy atom. The lowest BCUT2D eigenvalue weighted by Crippen LogP contribution is -2.06. The summed E-state index contributed by atoms with van der Waals surface area (Å²) in [5.41, 5.74) is 3.20. The van der Waals surface area contributed by atoms with Gasteiger partial charge in [0.2, 0.25) is 5.91 Å². The average Bonchev–Trinajstić information content (AvgIpc) is 2.69. The minimum absolute atomic E-state index is 0.00477. The van der Waals surface area contributed by atoms with Gasteiger partial charge in [-0.1, -0.05) is 41.6 Å². The van der Waals surface area contributed by atoms with Crippen LogP contribution in [0, 0.1) is 17.0 Å². The zero-order valence-electron chi connectivity index (χ0n) is 16.0. The summed E-state index contributed by atoms with van der Waals surface area (Å²) in [6.07, 6.45) is 1.63. The lowest BCUT2D eigenvalue weighted by atomic mass is 10.2. The Kier molecular flexibility index (Phi) is 6.41. The quantitative estimate of drug-likeness (QED) is 0.321. The highest BCUT2D eigenvalue weighted by atomic mass is 32.2. The predicted molar refractivity (Wildman–Crippen MR) is 116 cm³/mol. The van der Waals surface area contributed by atoms with Gasteiger partial charge in [-0.05, 0) is 37.3 Å². The topological polar surface area (TPSA) is 84.6 Å². The van der Waals surface area contributed by atoms with E-state index in [9.17, 15) is 14.9 Å². The number of nitrogens with zero attached hydrogens (tertiary/aromatic N) is 2. The molecule has 0 spiro atoms. The van der Waals surface area contributed by atoms with Gasteiger partial charge in [-0.2, -0.15) is 0 Å². The normalized spacial score (nSPS) is 10.8. The van der Waals surface area contributed by atoms with Crippen LogP contribution in [0.4, 0.5) is 17.1 Å². The SMILES string of the molecule is CC(=O)Nc1ccccc1Sc1ccc([N+](=O)[O-])cc1C=Nc1ccc(C)cc1. The van der Waals surface area contributed by atoms with Gasteiger partial charge in [-0.15, -0.1) is 0 Å². The zero-order valence-corrected chi connectivity index (χ0v) is 16.8. The molecule has 1 N–H and O–H groups in total. The van der Waals surface area contributed by atoms with Crippen LogP contribution in [0.3, 0.4) is 0 Å². The number of benzene rings is 3. The molecule has 0 aromatic heterocycles. The van der Waals surface area contributed by atoms with Crippen molar-refractivity contribution in [3.8, 4) is 0 Å². The Bertz CT molecular complexity index is 1080. The predicted octanol–water partition coefficient (Wildman–Crippen LogP) is 5.76. The van der Waals surface area contributed by atoms with E-state index in [1.54, 1.807) is 12.3 Å². The summed E-state index contributed by atoms with van der Waals surface area (Å²) in [4.78, 5) is 28.4. The molecule has 0 aliphatic heterocycles. The van der Waals surface area contributed by atoms with Crippen molar-refractivity contribution >= 4 is 40.9 Å². The average molecular weight is 405 g/mol. The largest absolute Gasteiger partial charge is 0.325 e. The van der Waals surface area contributed by atoms with E-state index in [2.05, 4.69) is 10.3 Å². The van der Waals surface area contributed by atoms with Crippen LogP contribution < -0.4 is 5.32 Å². The standard InChI is InChI=1S/C22H19N3O3S/c1-15-7-9-18(10-8-15)23-14-17-13-19(25(27)28)11-12-21(17)29-22-6-4-3-5-20(22)24-16(2)26/h3-14H,1-2H3,(H,24,26). The van der Waals surface area contributed by atoms with Crippen molar-refractivity contribution in [3.63, 3.8) is 0 Å². The van der Waals surface area contributed by atoms with Crippen molar-refractivity contribution in [3.05, 3.63) is 88.0 Å². The number of amides is 1. The molecule has 146 valence electrons. The van der Waals surface area contributed by atoms with Gasteiger partial charge in [0.05, 0.1) is 16.3 Å². The van der Waals surface area contributed by atoms with Crippen LogP contribution in [-0.4, -0.2) is 17.0 Å². The van der Waals surface area contributed by atoms with Gasteiger partial charge in [0, 0.05) is 40.6 Å². The summed E-state index contributed by atoms with van der Waals surface area (Å²) in [6, 6.07) is 19.8. The third kappa shape index (κ3) is 5.52. The molecule has 0 radical (unpaired) electrons. The van der Waals surface area contributed by atoms with Gasteiger partial charge in [-0.25, -0.2) is 0 Å². The molecule has 0 aliphatic rings. The number of rotatable bonds is 6. The number of hydrogen-bond acceptors (Lipinski definition) is 5. The molecule has 29 heavy (non-hydrogen) atoms. The van der Waals surface area contributed by atoms with Crippen LogP contribution in [0.2, 0.25) is 0 Å². The molecule has 0 aliphatic carbocycles. The fourth-order valence-electron chi connectivity index (χ4n) is 2.59. The number of carbonyl (C=O) groups is 1. The number of anilines is 1. The maximum Gasteiger partial charge on any atom is 0.270 e. The third-order valence-corrected chi connectivity index (χ3v) is 5.18. The Hall–Kier alpha value is -3.45. The smallest absolute Gasteiger partial charge is 0.270 e. The lowest BCUT2D eigenvalue weighted by Gasteiger charge is -2.11. The maximum absolute atomic E-state index is 11.5. The Labute approximate surface area is 172 Å². The summed E-state index contributed by atoms with van der Waals surface area (Å²) >= 11 is 1.41. The number of nitro groups is 1. The second-order valence-corrected chi connectivity index (χ2v) is 7.44. The van der Waals surface area contributed by atoms with Crippen LogP contribution in [0.25, 0.3) is 0 Å². The molecule has 0 saturated carbocycles. The molecule has 0 atom stereocenters. The summed E-state index contributed by atoms with van der Waals surface area (Å²) in [6.45, 7) is 3.45. The first-order valence-electron chi connectivity index (χ1n) is 8.86. The van der Waals surface area contributed by atoms with Crippen LogP contribution in [0.15, 0.2) is 81.5 Å². The van der Waals surface area contributed by atoms with Gasteiger partial charge in [0.1, 0.15) is 0 Å². The molecule has 0 saturated heterocycles. The van der Waals surface area contributed by atoms with E-state index < -0.39 is 4.92 Å². The molecule has 0 bridgehead atoms. The summed E-state index contributed by atoms with van der Waals surface area (Å²) in [7, 11) is 0. The van der Waals surface area contributed by atoms with Crippen LogP contribution >= 0.6 is 11.8 Å². The van der Waals surface area contributed by atoms with E-state index in [-0.39, 0.29) is 11.6 Å². The van der Waals surface area contributed by atoms with E-state index in [4.69, 9.17) is 0 Å². The van der Waals surface area contributed by atoms with Crippen LogP contribution in [0.5, 0.6) is 0 Å². The maximum atomic E-state index is 11.5. The number of aliphatic imine (C=N–C) groups is 1. The van der Waals surface area contributed by atoms with Gasteiger partial charge in [0.15, 0.2) is 0 Å². The molecule has 0 heterocycles.